The summed E-state index contributed by atoms with van der Waals surface area (Å²) in [6.07, 6.45) is 2.61. The molecule has 1 N–H and O–H groups in total. The molecule has 37 heavy (non-hydrogen) atoms. The van der Waals surface area contributed by atoms with E-state index in [2.05, 4.69) is 5.32 Å². The largest absolute Gasteiger partial charge is 0.457 e. The van der Waals surface area contributed by atoms with E-state index in [1.54, 1.807) is 30.3 Å². The van der Waals surface area contributed by atoms with Crippen molar-refractivity contribution < 1.29 is 31.2 Å². The van der Waals surface area contributed by atoms with Gasteiger partial charge in [-0.05, 0) is 42.6 Å². The highest BCUT2D eigenvalue weighted by molar-refractivity contribution is 7.80. The molecule has 5 nitrogen and oxygen atoms in total. The molecular formula is C24H16Cl2F5N3O2S. The summed E-state index contributed by atoms with van der Waals surface area (Å²) in [5, 5.41) is 3.23. The van der Waals surface area contributed by atoms with Crippen molar-refractivity contribution in [3.05, 3.63) is 81.3 Å². The third-order valence-corrected chi connectivity index (χ3v) is 6.72. The monoisotopic (exact) mass is 575 g/mol. The van der Waals surface area contributed by atoms with Crippen molar-refractivity contribution in [1.29, 1.82) is 0 Å². The van der Waals surface area contributed by atoms with Crippen LogP contribution in [-0.2, 0) is 4.79 Å². The molecule has 1 aliphatic rings. The lowest BCUT2D eigenvalue weighted by atomic mass is 10.2. The standard InChI is InChI=1S/C24H16Cl2F5N3O2S/c25-14-3-1-2-13(17(14)26)15-6-4-12(36-15)5-7-16(35)32-24(37)34-10-8-33(9-11-34)23-21(30)19(28)18(27)20(29)22(23)31/h1-7H,8-11H2,(H,32,35,37)/b7-5+. The van der Waals surface area contributed by atoms with Crippen LogP contribution in [0.25, 0.3) is 17.4 Å². The van der Waals surface area contributed by atoms with Crippen LogP contribution >= 0.6 is 35.4 Å². The minimum Gasteiger partial charge on any atom is -0.457 e. The topological polar surface area (TPSA) is 48.7 Å². The Balaban J connectivity index is 1.34. The van der Waals surface area contributed by atoms with Crippen molar-refractivity contribution in [3.8, 4) is 11.3 Å². The Labute approximate surface area is 223 Å². The number of thiocarbonyl (C=S) groups is 1. The van der Waals surface area contributed by atoms with E-state index in [0.717, 1.165) is 4.90 Å². The Morgan fingerprint density at radius 1 is 0.919 bits per heavy atom. The molecular weight excluding hydrogens is 560 g/mol. The molecule has 0 aliphatic carbocycles. The van der Waals surface area contributed by atoms with Gasteiger partial charge < -0.3 is 14.2 Å². The van der Waals surface area contributed by atoms with E-state index < -0.39 is 40.7 Å². The number of anilines is 1. The molecule has 1 saturated heterocycles. The SMILES string of the molecule is O=C(/C=C/c1ccc(-c2cccc(Cl)c2Cl)o1)NC(=S)N1CCN(c2c(F)c(F)c(F)c(F)c2F)CC1. The van der Waals surface area contributed by atoms with Crippen LogP contribution in [0.1, 0.15) is 5.76 Å². The summed E-state index contributed by atoms with van der Waals surface area (Å²) in [5.41, 5.74) is -0.407. The molecule has 0 atom stereocenters. The Morgan fingerprint density at radius 2 is 1.54 bits per heavy atom. The van der Waals surface area contributed by atoms with Crippen LogP contribution in [0.5, 0.6) is 0 Å². The van der Waals surface area contributed by atoms with Crippen molar-refractivity contribution in [1.82, 2.24) is 10.2 Å². The molecule has 2 aromatic carbocycles. The first kappa shape index (κ1) is 26.9. The maximum absolute atomic E-state index is 14.1. The molecule has 4 rings (SSSR count). The number of piperazine rings is 1. The quantitative estimate of drug-likeness (QED) is 0.132. The molecule has 0 unspecified atom stereocenters. The molecule has 1 amide bonds. The maximum Gasteiger partial charge on any atom is 0.250 e. The predicted molar refractivity (Wildman–Crippen MR) is 134 cm³/mol. The van der Waals surface area contributed by atoms with Gasteiger partial charge in [-0.3, -0.25) is 10.1 Å². The van der Waals surface area contributed by atoms with E-state index in [4.69, 9.17) is 39.8 Å². The number of rotatable bonds is 4. The van der Waals surface area contributed by atoms with Gasteiger partial charge in [-0.1, -0.05) is 29.3 Å². The fraction of sp³-hybridized carbons (Fsp3) is 0.167. The zero-order valence-electron chi connectivity index (χ0n) is 18.6. The second-order valence-corrected chi connectivity index (χ2v) is 9.00. The van der Waals surface area contributed by atoms with Crippen molar-refractivity contribution in [2.45, 2.75) is 0 Å². The van der Waals surface area contributed by atoms with Crippen molar-refractivity contribution in [2.24, 2.45) is 0 Å². The number of furan rings is 1. The first-order valence-electron chi connectivity index (χ1n) is 10.7. The number of hydrogen-bond acceptors (Lipinski definition) is 4. The molecule has 194 valence electrons. The average Bonchev–Trinajstić information content (AvgIpc) is 3.36. The summed E-state index contributed by atoms with van der Waals surface area (Å²) in [5.74, 6) is -9.78. The smallest absolute Gasteiger partial charge is 0.250 e. The number of amides is 1. The summed E-state index contributed by atoms with van der Waals surface area (Å²) in [6, 6.07) is 8.40. The Morgan fingerprint density at radius 3 is 2.19 bits per heavy atom. The molecule has 0 radical (unpaired) electrons. The van der Waals surface area contributed by atoms with E-state index in [-0.39, 0.29) is 31.3 Å². The third-order valence-electron chi connectivity index (χ3n) is 5.54. The zero-order chi connectivity index (χ0) is 26.9. The summed E-state index contributed by atoms with van der Waals surface area (Å²) in [4.78, 5) is 14.9. The number of carbonyl (C=O) groups is 1. The zero-order valence-corrected chi connectivity index (χ0v) is 21.0. The van der Waals surface area contributed by atoms with Crippen molar-refractivity contribution in [2.75, 3.05) is 31.1 Å². The number of nitrogens with one attached hydrogen (secondary N) is 1. The van der Waals surface area contributed by atoms with Gasteiger partial charge in [-0.2, -0.15) is 0 Å². The van der Waals surface area contributed by atoms with Gasteiger partial charge in [0.25, 0.3) is 0 Å². The van der Waals surface area contributed by atoms with Gasteiger partial charge in [0.05, 0.1) is 10.0 Å². The molecule has 13 heteroatoms. The highest BCUT2D eigenvalue weighted by Gasteiger charge is 2.31. The molecule has 1 aliphatic heterocycles. The average molecular weight is 576 g/mol. The van der Waals surface area contributed by atoms with E-state index in [1.807, 2.05) is 0 Å². The Kier molecular flexibility index (Phi) is 8.05. The number of hydrogen-bond donors (Lipinski definition) is 1. The predicted octanol–water partition coefficient (Wildman–Crippen LogP) is 6.19. The first-order chi connectivity index (χ1) is 17.6. The lowest BCUT2D eigenvalue weighted by Crippen LogP contribution is -2.53. The normalized spacial score (nSPS) is 13.9. The summed E-state index contributed by atoms with van der Waals surface area (Å²) in [6.45, 7) is -0.0363. The van der Waals surface area contributed by atoms with Crippen molar-refractivity contribution in [3.63, 3.8) is 0 Å². The van der Waals surface area contributed by atoms with E-state index >= 15 is 0 Å². The molecule has 0 bridgehead atoms. The molecule has 2 heterocycles. The van der Waals surface area contributed by atoms with Crippen LogP contribution in [0, 0.1) is 29.1 Å². The second kappa shape index (κ2) is 11.1. The number of carbonyl (C=O) groups excluding carboxylic acids is 1. The van der Waals surface area contributed by atoms with E-state index in [0.29, 0.717) is 27.1 Å². The lowest BCUT2D eigenvalue weighted by molar-refractivity contribution is -0.115. The van der Waals surface area contributed by atoms with Crippen LogP contribution in [-0.4, -0.2) is 42.1 Å². The minimum absolute atomic E-state index is 0.0394. The van der Waals surface area contributed by atoms with Gasteiger partial charge in [-0.25, -0.2) is 22.0 Å². The maximum atomic E-state index is 14.1. The lowest BCUT2D eigenvalue weighted by Gasteiger charge is -2.37. The van der Waals surface area contributed by atoms with Gasteiger partial charge >= 0.3 is 0 Å². The van der Waals surface area contributed by atoms with Crippen LogP contribution in [0.4, 0.5) is 27.6 Å². The highest BCUT2D eigenvalue weighted by atomic mass is 35.5. The van der Waals surface area contributed by atoms with Gasteiger partial charge in [0.1, 0.15) is 17.2 Å². The third kappa shape index (κ3) is 5.58. The molecule has 0 spiro atoms. The van der Waals surface area contributed by atoms with Gasteiger partial charge in [0, 0.05) is 37.8 Å². The minimum atomic E-state index is -2.21. The van der Waals surface area contributed by atoms with Crippen molar-refractivity contribution >= 4 is 58.2 Å². The first-order valence-corrected chi connectivity index (χ1v) is 11.8. The summed E-state index contributed by atoms with van der Waals surface area (Å²) >= 11 is 17.4. The van der Waals surface area contributed by atoms with Crippen LogP contribution in [0.3, 0.4) is 0 Å². The fourth-order valence-electron chi connectivity index (χ4n) is 3.67. The Bertz CT molecular complexity index is 1380. The molecule has 3 aromatic rings. The van der Waals surface area contributed by atoms with Crippen LogP contribution < -0.4 is 10.2 Å². The molecule has 1 fully saturated rings. The van der Waals surface area contributed by atoms with Crippen LogP contribution in [0.2, 0.25) is 10.0 Å². The van der Waals surface area contributed by atoms with Gasteiger partial charge in [0.2, 0.25) is 11.7 Å². The van der Waals surface area contributed by atoms with E-state index in [9.17, 15) is 26.7 Å². The van der Waals surface area contributed by atoms with E-state index in [1.165, 1.54) is 17.1 Å². The second-order valence-electron chi connectivity index (χ2n) is 7.82. The van der Waals surface area contributed by atoms with Gasteiger partial charge in [-0.15, -0.1) is 0 Å². The number of halogens is 7. The highest BCUT2D eigenvalue weighted by Crippen LogP contribution is 2.34. The number of benzene rings is 2. The Hall–Kier alpha value is -3.15. The molecule has 0 saturated carbocycles. The number of nitrogens with zero attached hydrogens (tertiary/aromatic N) is 2. The van der Waals surface area contributed by atoms with Crippen LogP contribution in [0.15, 0.2) is 40.8 Å². The summed E-state index contributed by atoms with van der Waals surface area (Å²) in [7, 11) is 0. The molecule has 1 aromatic heterocycles. The van der Waals surface area contributed by atoms with Gasteiger partial charge in [0.15, 0.2) is 28.4 Å². The fourth-order valence-corrected chi connectivity index (χ4v) is 4.35. The summed E-state index contributed by atoms with van der Waals surface area (Å²) < 4.78 is 74.2.